The predicted octanol–water partition coefficient (Wildman–Crippen LogP) is 12.2. The Bertz CT molecular complexity index is 497. The van der Waals surface area contributed by atoms with E-state index in [0.717, 1.165) is 12.4 Å². The molecule has 0 aliphatic rings. The van der Waals surface area contributed by atoms with Crippen molar-refractivity contribution in [3.05, 3.63) is 30.3 Å². The summed E-state index contributed by atoms with van der Waals surface area (Å²) in [6.45, 7) is 3.17. The standard InChI is InChI=1S/C34H62O/c1-2-3-4-5-6-7-8-9-10-11-12-13-14-15-16-17-18-19-20-21-22-23-24-25-26-30-33-35-34-31-28-27-29-32-34/h27-29,31-32H,2-26,30,33H2,1H3. The molecule has 0 amide bonds. The molecule has 204 valence electrons. The van der Waals surface area contributed by atoms with Crippen LogP contribution in [-0.4, -0.2) is 6.61 Å². The van der Waals surface area contributed by atoms with Crippen molar-refractivity contribution in [3.63, 3.8) is 0 Å². The molecule has 35 heavy (non-hydrogen) atoms. The van der Waals surface area contributed by atoms with Crippen LogP contribution >= 0.6 is 0 Å². The molecule has 0 spiro atoms. The lowest BCUT2D eigenvalue weighted by Gasteiger charge is -2.06. The van der Waals surface area contributed by atoms with Crippen LogP contribution in [0.2, 0.25) is 0 Å². The topological polar surface area (TPSA) is 9.23 Å². The highest BCUT2D eigenvalue weighted by Gasteiger charge is 1.97. The van der Waals surface area contributed by atoms with Gasteiger partial charge in [0.15, 0.2) is 0 Å². The lowest BCUT2D eigenvalue weighted by molar-refractivity contribution is 0.304. The van der Waals surface area contributed by atoms with Crippen molar-refractivity contribution in [2.75, 3.05) is 6.61 Å². The zero-order chi connectivity index (χ0) is 24.9. The van der Waals surface area contributed by atoms with Gasteiger partial charge in [-0.15, -0.1) is 0 Å². The Morgan fingerprint density at radius 1 is 0.371 bits per heavy atom. The third-order valence-corrected chi connectivity index (χ3v) is 7.51. The Morgan fingerprint density at radius 2 is 0.657 bits per heavy atom. The van der Waals surface area contributed by atoms with Gasteiger partial charge in [0.05, 0.1) is 6.61 Å². The molecule has 1 rings (SSSR count). The van der Waals surface area contributed by atoms with Crippen LogP contribution in [0.1, 0.15) is 174 Å². The van der Waals surface area contributed by atoms with Gasteiger partial charge < -0.3 is 4.74 Å². The maximum absolute atomic E-state index is 5.76. The van der Waals surface area contributed by atoms with Crippen molar-refractivity contribution < 1.29 is 4.74 Å². The molecule has 0 saturated heterocycles. The minimum Gasteiger partial charge on any atom is -0.494 e. The Hall–Kier alpha value is -0.980. The van der Waals surface area contributed by atoms with Gasteiger partial charge in [-0.3, -0.25) is 0 Å². The lowest BCUT2D eigenvalue weighted by Crippen LogP contribution is -1.96. The third kappa shape index (κ3) is 24.5. The monoisotopic (exact) mass is 486 g/mol. The van der Waals surface area contributed by atoms with Crippen LogP contribution < -0.4 is 4.74 Å². The van der Waals surface area contributed by atoms with E-state index in [9.17, 15) is 0 Å². The number of para-hydroxylation sites is 1. The molecule has 0 aliphatic carbocycles. The van der Waals surface area contributed by atoms with Gasteiger partial charge in [0.1, 0.15) is 5.75 Å². The summed E-state index contributed by atoms with van der Waals surface area (Å²) in [5.41, 5.74) is 0. The highest BCUT2D eigenvalue weighted by molar-refractivity contribution is 5.20. The molecule has 0 aromatic heterocycles. The molecule has 0 aliphatic heterocycles. The van der Waals surface area contributed by atoms with Crippen LogP contribution in [-0.2, 0) is 0 Å². The van der Waals surface area contributed by atoms with E-state index >= 15 is 0 Å². The van der Waals surface area contributed by atoms with E-state index in [1.165, 1.54) is 167 Å². The van der Waals surface area contributed by atoms with Gasteiger partial charge in [-0.2, -0.15) is 0 Å². The van der Waals surface area contributed by atoms with Gasteiger partial charge in [0.2, 0.25) is 0 Å². The van der Waals surface area contributed by atoms with E-state index in [4.69, 9.17) is 4.74 Å². The normalized spacial score (nSPS) is 11.2. The van der Waals surface area contributed by atoms with Crippen LogP contribution in [0.4, 0.5) is 0 Å². The smallest absolute Gasteiger partial charge is 0.119 e. The molecule has 0 heterocycles. The molecular weight excluding hydrogens is 424 g/mol. The molecule has 0 N–H and O–H groups in total. The summed E-state index contributed by atoms with van der Waals surface area (Å²) in [6, 6.07) is 10.2. The van der Waals surface area contributed by atoms with Crippen molar-refractivity contribution in [1.29, 1.82) is 0 Å². The first-order valence-corrected chi connectivity index (χ1v) is 16.1. The second kappa shape index (κ2) is 27.6. The zero-order valence-electron chi connectivity index (χ0n) is 23.9. The Balaban J connectivity index is 1.63. The summed E-state index contributed by atoms with van der Waals surface area (Å²) in [5.74, 6) is 1.01. The number of unbranched alkanes of at least 4 members (excludes halogenated alkanes) is 25. The molecule has 0 fully saturated rings. The highest BCUT2D eigenvalue weighted by Crippen LogP contribution is 2.16. The van der Waals surface area contributed by atoms with Crippen LogP contribution in [0.25, 0.3) is 0 Å². The van der Waals surface area contributed by atoms with Gasteiger partial charge in [-0.1, -0.05) is 186 Å². The van der Waals surface area contributed by atoms with Gasteiger partial charge in [0, 0.05) is 0 Å². The van der Waals surface area contributed by atoms with Crippen molar-refractivity contribution in [1.82, 2.24) is 0 Å². The van der Waals surface area contributed by atoms with E-state index < -0.39 is 0 Å². The fraction of sp³-hybridized carbons (Fsp3) is 0.824. The molecular formula is C34H62O. The molecule has 0 unspecified atom stereocenters. The number of rotatable bonds is 28. The summed E-state index contributed by atoms with van der Waals surface area (Å²) in [5, 5.41) is 0. The van der Waals surface area contributed by atoms with E-state index in [1.54, 1.807) is 0 Å². The molecule has 0 bridgehead atoms. The highest BCUT2D eigenvalue weighted by atomic mass is 16.5. The lowest BCUT2D eigenvalue weighted by atomic mass is 10.0. The van der Waals surface area contributed by atoms with Crippen LogP contribution in [0.5, 0.6) is 5.75 Å². The van der Waals surface area contributed by atoms with Gasteiger partial charge in [0.25, 0.3) is 0 Å². The van der Waals surface area contributed by atoms with Gasteiger partial charge >= 0.3 is 0 Å². The van der Waals surface area contributed by atoms with Crippen molar-refractivity contribution >= 4 is 0 Å². The van der Waals surface area contributed by atoms with Crippen LogP contribution in [0, 0.1) is 0 Å². The fourth-order valence-electron chi connectivity index (χ4n) is 5.12. The maximum Gasteiger partial charge on any atom is 0.119 e. The molecule has 1 aromatic carbocycles. The largest absolute Gasteiger partial charge is 0.494 e. The minimum atomic E-state index is 0.864. The fourth-order valence-corrected chi connectivity index (χ4v) is 5.12. The first-order chi connectivity index (χ1) is 17.4. The maximum atomic E-state index is 5.76. The number of hydrogen-bond donors (Lipinski definition) is 0. The molecule has 0 saturated carbocycles. The van der Waals surface area contributed by atoms with Crippen molar-refractivity contribution in [2.24, 2.45) is 0 Å². The average molecular weight is 487 g/mol. The van der Waals surface area contributed by atoms with E-state index in [2.05, 4.69) is 6.92 Å². The first kappa shape index (κ1) is 32.0. The van der Waals surface area contributed by atoms with E-state index in [1.807, 2.05) is 30.3 Å². The Morgan fingerprint density at radius 3 is 0.971 bits per heavy atom. The van der Waals surface area contributed by atoms with E-state index in [0.29, 0.717) is 0 Å². The number of benzene rings is 1. The van der Waals surface area contributed by atoms with Gasteiger partial charge in [-0.25, -0.2) is 0 Å². The van der Waals surface area contributed by atoms with Crippen LogP contribution in [0.3, 0.4) is 0 Å². The third-order valence-electron chi connectivity index (χ3n) is 7.51. The second-order valence-corrected chi connectivity index (χ2v) is 11.0. The first-order valence-electron chi connectivity index (χ1n) is 16.1. The zero-order valence-corrected chi connectivity index (χ0v) is 23.9. The minimum absolute atomic E-state index is 0.864. The molecule has 0 atom stereocenters. The summed E-state index contributed by atoms with van der Waals surface area (Å²) >= 11 is 0. The van der Waals surface area contributed by atoms with Crippen molar-refractivity contribution in [2.45, 2.75) is 174 Å². The van der Waals surface area contributed by atoms with Crippen LogP contribution in [0.15, 0.2) is 30.3 Å². The molecule has 0 radical (unpaired) electrons. The average Bonchev–Trinajstić information content (AvgIpc) is 2.89. The Kier molecular flexibility index (Phi) is 25.3. The molecule has 1 aromatic rings. The van der Waals surface area contributed by atoms with E-state index in [-0.39, 0.29) is 0 Å². The van der Waals surface area contributed by atoms with Gasteiger partial charge in [-0.05, 0) is 18.6 Å². The summed E-state index contributed by atoms with van der Waals surface area (Å²) in [6.07, 6.45) is 37.5. The summed E-state index contributed by atoms with van der Waals surface area (Å²) < 4.78 is 5.76. The SMILES string of the molecule is CCCCCCCCCCCCCCCCCCCCCCCCCCCCOc1ccccc1. The number of ether oxygens (including phenoxy) is 1. The summed E-state index contributed by atoms with van der Waals surface area (Å²) in [4.78, 5) is 0. The quantitative estimate of drug-likeness (QED) is 0.107. The Labute approximate surface area is 221 Å². The van der Waals surface area contributed by atoms with Crippen molar-refractivity contribution in [3.8, 4) is 5.75 Å². The molecule has 1 nitrogen and oxygen atoms in total. The second-order valence-electron chi connectivity index (χ2n) is 11.0. The predicted molar refractivity (Wildman–Crippen MR) is 158 cm³/mol. The summed E-state index contributed by atoms with van der Waals surface area (Å²) in [7, 11) is 0. The number of hydrogen-bond acceptors (Lipinski definition) is 1. The molecule has 1 heteroatoms.